The van der Waals surface area contributed by atoms with Gasteiger partial charge in [0.2, 0.25) is 0 Å². The summed E-state index contributed by atoms with van der Waals surface area (Å²) in [7, 11) is 3.25. The largest absolute Gasteiger partial charge is 0.497 e. The van der Waals surface area contributed by atoms with Crippen LogP contribution >= 0.6 is 0 Å². The maximum absolute atomic E-state index is 13.2. The average molecular weight is 406 g/mol. The molecule has 0 radical (unpaired) electrons. The minimum absolute atomic E-state index is 0.105. The van der Waals surface area contributed by atoms with Crippen LogP contribution in [0.15, 0.2) is 48.7 Å². The highest BCUT2D eigenvalue weighted by Crippen LogP contribution is 2.49. The number of benzene rings is 2. The van der Waals surface area contributed by atoms with E-state index in [-0.39, 0.29) is 5.91 Å². The zero-order chi connectivity index (χ0) is 21.1. The van der Waals surface area contributed by atoms with Crippen molar-refractivity contribution in [1.82, 2.24) is 10.3 Å². The van der Waals surface area contributed by atoms with E-state index in [1.54, 1.807) is 26.5 Å². The number of hydrogen-bond donors (Lipinski definition) is 1. The molecule has 0 spiro atoms. The van der Waals surface area contributed by atoms with E-state index in [4.69, 9.17) is 14.2 Å². The summed E-state index contributed by atoms with van der Waals surface area (Å²) < 4.78 is 16.2. The highest BCUT2D eigenvalue weighted by molar-refractivity contribution is 5.97. The van der Waals surface area contributed by atoms with E-state index >= 15 is 0 Å². The molecule has 6 nitrogen and oxygen atoms in total. The summed E-state index contributed by atoms with van der Waals surface area (Å²) >= 11 is 0. The molecular weight excluding hydrogens is 380 g/mol. The van der Waals surface area contributed by atoms with Gasteiger partial charge in [0.15, 0.2) is 0 Å². The summed E-state index contributed by atoms with van der Waals surface area (Å²) in [5, 5.41) is 4.30. The van der Waals surface area contributed by atoms with Gasteiger partial charge in [-0.2, -0.15) is 0 Å². The Balaban J connectivity index is 1.68. The fourth-order valence-corrected chi connectivity index (χ4v) is 3.72. The number of amides is 1. The predicted octanol–water partition coefficient (Wildman–Crippen LogP) is 4.00. The Morgan fingerprint density at radius 2 is 1.93 bits per heavy atom. The first kappa shape index (κ1) is 20.2. The molecule has 30 heavy (non-hydrogen) atoms. The van der Waals surface area contributed by atoms with Gasteiger partial charge in [0.1, 0.15) is 18.1 Å². The van der Waals surface area contributed by atoms with Crippen LogP contribution in [0.3, 0.4) is 0 Å². The first-order valence-electron chi connectivity index (χ1n) is 10.0. The van der Waals surface area contributed by atoms with Crippen LogP contribution < -0.4 is 14.8 Å². The second-order valence-electron chi connectivity index (χ2n) is 7.60. The highest BCUT2D eigenvalue weighted by atomic mass is 16.5. The SMILES string of the molecule is COCCOc1cc(C2(NC(=O)c3cc(OC)ccc3C)CC2)c2cccnc2c1. The summed E-state index contributed by atoms with van der Waals surface area (Å²) in [6, 6.07) is 13.5. The number of methoxy groups -OCH3 is 2. The molecular formula is C24H26N2O4. The molecule has 1 saturated carbocycles. The maximum atomic E-state index is 13.2. The van der Waals surface area contributed by atoms with Gasteiger partial charge in [0.05, 0.1) is 24.8 Å². The number of nitrogens with zero attached hydrogens (tertiary/aromatic N) is 1. The molecule has 1 aliphatic rings. The molecule has 0 bridgehead atoms. The first-order chi connectivity index (χ1) is 14.6. The number of aromatic nitrogens is 1. The van der Waals surface area contributed by atoms with Crippen LogP contribution in [0.5, 0.6) is 11.5 Å². The molecule has 1 N–H and O–H groups in total. The van der Waals surface area contributed by atoms with Crippen molar-refractivity contribution in [3.05, 3.63) is 65.4 Å². The Labute approximate surface area is 176 Å². The molecule has 0 aliphatic heterocycles. The van der Waals surface area contributed by atoms with Crippen molar-refractivity contribution in [1.29, 1.82) is 0 Å². The van der Waals surface area contributed by atoms with E-state index in [0.717, 1.165) is 40.6 Å². The molecule has 1 amide bonds. The molecule has 0 unspecified atom stereocenters. The van der Waals surface area contributed by atoms with E-state index in [9.17, 15) is 4.79 Å². The normalized spacial score (nSPS) is 14.4. The minimum atomic E-state index is -0.422. The van der Waals surface area contributed by atoms with Gasteiger partial charge < -0.3 is 19.5 Å². The highest BCUT2D eigenvalue weighted by Gasteiger charge is 2.47. The van der Waals surface area contributed by atoms with Gasteiger partial charge in [-0.15, -0.1) is 0 Å². The molecule has 156 valence electrons. The van der Waals surface area contributed by atoms with E-state index in [1.807, 2.05) is 43.3 Å². The lowest BCUT2D eigenvalue weighted by molar-refractivity contribution is 0.0930. The lowest BCUT2D eigenvalue weighted by atomic mass is 9.97. The summed E-state index contributed by atoms with van der Waals surface area (Å²) in [4.78, 5) is 17.7. The lowest BCUT2D eigenvalue weighted by Gasteiger charge is -2.22. The number of pyridine rings is 1. The number of rotatable bonds is 8. The zero-order valence-corrected chi connectivity index (χ0v) is 17.5. The second kappa shape index (κ2) is 8.32. The number of nitrogens with one attached hydrogen (secondary N) is 1. The number of ether oxygens (including phenoxy) is 3. The van der Waals surface area contributed by atoms with Gasteiger partial charge in [-0.3, -0.25) is 9.78 Å². The van der Waals surface area contributed by atoms with Crippen molar-refractivity contribution in [2.45, 2.75) is 25.3 Å². The second-order valence-corrected chi connectivity index (χ2v) is 7.60. The monoisotopic (exact) mass is 406 g/mol. The third kappa shape index (κ3) is 3.96. The molecule has 0 atom stereocenters. The van der Waals surface area contributed by atoms with Gasteiger partial charge in [-0.05, 0) is 55.2 Å². The maximum Gasteiger partial charge on any atom is 0.252 e. The van der Waals surface area contributed by atoms with Gasteiger partial charge in [0.25, 0.3) is 5.91 Å². The number of aryl methyl sites for hydroxylation is 1. The first-order valence-corrected chi connectivity index (χ1v) is 10.0. The molecule has 2 aromatic carbocycles. The lowest BCUT2D eigenvalue weighted by Crippen LogP contribution is -2.35. The van der Waals surface area contributed by atoms with E-state index < -0.39 is 5.54 Å². The van der Waals surface area contributed by atoms with Crippen LogP contribution in [-0.4, -0.2) is 38.3 Å². The third-order valence-electron chi connectivity index (χ3n) is 5.56. The van der Waals surface area contributed by atoms with Crippen LogP contribution in [0.1, 0.15) is 34.3 Å². The Kier molecular flexibility index (Phi) is 5.59. The predicted molar refractivity (Wildman–Crippen MR) is 115 cm³/mol. The number of carbonyl (C=O) groups is 1. The molecule has 1 fully saturated rings. The van der Waals surface area contributed by atoms with Gasteiger partial charge in [-0.25, -0.2) is 0 Å². The van der Waals surface area contributed by atoms with E-state index in [0.29, 0.717) is 24.5 Å². The fourth-order valence-electron chi connectivity index (χ4n) is 3.72. The smallest absolute Gasteiger partial charge is 0.252 e. The molecule has 3 aromatic rings. The molecule has 0 saturated heterocycles. The van der Waals surface area contributed by atoms with E-state index in [1.165, 1.54) is 0 Å². The Morgan fingerprint density at radius 1 is 1.10 bits per heavy atom. The van der Waals surface area contributed by atoms with Crippen LogP contribution in [0.4, 0.5) is 0 Å². The summed E-state index contributed by atoms with van der Waals surface area (Å²) in [5.41, 5.74) is 2.99. The van der Waals surface area contributed by atoms with Crippen molar-refractivity contribution in [2.24, 2.45) is 0 Å². The summed E-state index contributed by atoms with van der Waals surface area (Å²) in [5.74, 6) is 1.29. The Hall–Kier alpha value is -3.12. The molecule has 4 rings (SSSR count). The Morgan fingerprint density at radius 3 is 2.67 bits per heavy atom. The number of hydrogen-bond acceptors (Lipinski definition) is 5. The topological polar surface area (TPSA) is 69.7 Å². The van der Waals surface area contributed by atoms with Crippen LogP contribution in [0.25, 0.3) is 10.9 Å². The number of fused-ring (bicyclic) bond motifs is 1. The van der Waals surface area contributed by atoms with Crippen molar-refractivity contribution >= 4 is 16.8 Å². The van der Waals surface area contributed by atoms with Crippen LogP contribution in [0.2, 0.25) is 0 Å². The van der Waals surface area contributed by atoms with Gasteiger partial charge in [0, 0.05) is 30.3 Å². The van der Waals surface area contributed by atoms with Crippen molar-refractivity contribution in [3.8, 4) is 11.5 Å². The molecule has 1 aromatic heterocycles. The molecule has 6 heteroatoms. The summed E-state index contributed by atoms with van der Waals surface area (Å²) in [6.45, 7) is 2.89. The third-order valence-corrected chi connectivity index (χ3v) is 5.56. The number of carbonyl (C=O) groups excluding carboxylic acids is 1. The minimum Gasteiger partial charge on any atom is -0.497 e. The Bertz CT molecular complexity index is 1080. The van der Waals surface area contributed by atoms with Gasteiger partial charge >= 0.3 is 0 Å². The average Bonchev–Trinajstić information content (AvgIpc) is 3.54. The molecule has 1 aliphatic carbocycles. The fraction of sp³-hybridized carbons (Fsp3) is 0.333. The standard InChI is InChI=1S/C24H26N2O4/c1-16-6-7-17(29-3)13-20(16)23(27)26-24(8-9-24)21-14-18(30-12-11-28-2)15-22-19(21)5-4-10-25-22/h4-7,10,13-15H,8-9,11-12H2,1-3H3,(H,26,27). The van der Waals surface area contributed by atoms with E-state index in [2.05, 4.69) is 10.3 Å². The van der Waals surface area contributed by atoms with Gasteiger partial charge in [-0.1, -0.05) is 12.1 Å². The summed E-state index contributed by atoms with van der Waals surface area (Å²) in [6.07, 6.45) is 3.50. The quantitative estimate of drug-likeness (QED) is 0.573. The van der Waals surface area contributed by atoms with Crippen molar-refractivity contribution in [2.75, 3.05) is 27.4 Å². The van der Waals surface area contributed by atoms with Crippen molar-refractivity contribution < 1.29 is 19.0 Å². The van der Waals surface area contributed by atoms with Crippen molar-refractivity contribution in [3.63, 3.8) is 0 Å². The molecule has 1 heterocycles. The van der Waals surface area contributed by atoms with Crippen LogP contribution in [-0.2, 0) is 10.3 Å². The zero-order valence-electron chi connectivity index (χ0n) is 17.5. The van der Waals surface area contributed by atoms with Crippen LogP contribution in [0, 0.1) is 6.92 Å².